The lowest BCUT2D eigenvalue weighted by Gasteiger charge is -2.35. The molecule has 1 N–H and O–H groups in total. The molecule has 0 saturated carbocycles. The van der Waals surface area contributed by atoms with Gasteiger partial charge in [-0.3, -0.25) is 9.80 Å². The van der Waals surface area contributed by atoms with Gasteiger partial charge in [0.2, 0.25) is 0 Å². The monoisotopic (exact) mass is 428 g/mol. The zero-order chi connectivity index (χ0) is 22.1. The minimum Gasteiger partial charge on any atom is -0.504 e. The topological polar surface area (TPSA) is 54.4 Å². The van der Waals surface area contributed by atoms with E-state index in [1.807, 2.05) is 24.3 Å². The van der Waals surface area contributed by atoms with Crippen molar-refractivity contribution in [2.24, 2.45) is 5.92 Å². The quantitative estimate of drug-likeness (QED) is 0.588. The van der Waals surface area contributed by atoms with Crippen molar-refractivity contribution in [3.05, 3.63) is 53.6 Å². The third-order valence-corrected chi connectivity index (χ3v) is 6.07. The van der Waals surface area contributed by atoms with Crippen LogP contribution in [0.1, 0.15) is 24.0 Å². The van der Waals surface area contributed by atoms with Crippen LogP contribution >= 0.6 is 0 Å². The van der Waals surface area contributed by atoms with Gasteiger partial charge in [0.05, 0.1) is 20.8 Å². The number of hydrogen-bond acceptors (Lipinski definition) is 6. The number of likely N-dealkylation sites (tertiary alicyclic amines) is 1. The molecule has 1 saturated heterocycles. The molecular weight excluding hydrogens is 392 g/mol. The van der Waals surface area contributed by atoms with Crippen molar-refractivity contribution in [3.8, 4) is 17.2 Å². The van der Waals surface area contributed by atoms with Gasteiger partial charge in [0.15, 0.2) is 11.5 Å². The Bertz CT molecular complexity index is 806. The number of hydrogen-bond donors (Lipinski definition) is 1. The van der Waals surface area contributed by atoms with Gasteiger partial charge in [-0.05, 0) is 55.6 Å². The maximum atomic E-state index is 10.1. The number of aromatic hydroxyl groups is 1. The normalized spacial score (nSPS) is 15.4. The first-order chi connectivity index (χ1) is 15.1. The summed E-state index contributed by atoms with van der Waals surface area (Å²) in [5.41, 5.74) is 2.34. The summed E-state index contributed by atoms with van der Waals surface area (Å²) in [6.45, 7) is 6.56. The molecule has 1 aliphatic rings. The second-order valence-corrected chi connectivity index (χ2v) is 8.27. The van der Waals surface area contributed by atoms with Gasteiger partial charge in [-0.1, -0.05) is 24.3 Å². The summed E-state index contributed by atoms with van der Waals surface area (Å²) >= 11 is 0. The highest BCUT2D eigenvalue weighted by Crippen LogP contribution is 2.28. The predicted molar refractivity (Wildman–Crippen MR) is 123 cm³/mol. The standard InChI is InChI=1S/C25H36N2O4/c1-29-15-14-27(18-21-8-9-25(31-3)23(28)16-21)17-20-10-12-26(13-11-20)19-22-6-4-5-7-24(22)30-2/h4-9,16,20,28H,10-15,17-19H2,1-3H3. The average Bonchev–Trinajstić information content (AvgIpc) is 2.79. The first kappa shape index (κ1) is 23.4. The van der Waals surface area contributed by atoms with Crippen molar-refractivity contribution < 1.29 is 19.3 Å². The zero-order valence-corrected chi connectivity index (χ0v) is 19.0. The molecule has 2 aromatic carbocycles. The molecule has 0 bridgehead atoms. The molecule has 0 atom stereocenters. The summed E-state index contributed by atoms with van der Waals surface area (Å²) < 4.78 is 16.0. The fourth-order valence-corrected chi connectivity index (χ4v) is 4.31. The van der Waals surface area contributed by atoms with Crippen LogP contribution in [0.2, 0.25) is 0 Å². The Labute approximate surface area is 186 Å². The van der Waals surface area contributed by atoms with Crippen LogP contribution in [0.15, 0.2) is 42.5 Å². The minimum absolute atomic E-state index is 0.191. The van der Waals surface area contributed by atoms with Gasteiger partial charge in [0.25, 0.3) is 0 Å². The Morgan fingerprint density at radius 2 is 1.74 bits per heavy atom. The third-order valence-electron chi connectivity index (χ3n) is 6.07. The van der Waals surface area contributed by atoms with Gasteiger partial charge in [0, 0.05) is 38.9 Å². The van der Waals surface area contributed by atoms with Crippen molar-refractivity contribution in [3.63, 3.8) is 0 Å². The first-order valence-electron chi connectivity index (χ1n) is 11.0. The molecule has 0 amide bonds. The fraction of sp³-hybridized carbons (Fsp3) is 0.520. The maximum absolute atomic E-state index is 10.1. The molecule has 2 aromatic rings. The van der Waals surface area contributed by atoms with Crippen LogP contribution in [-0.4, -0.2) is 69.0 Å². The summed E-state index contributed by atoms with van der Waals surface area (Å²) in [5.74, 6) is 2.33. The predicted octanol–water partition coefficient (Wildman–Crippen LogP) is 3.77. The van der Waals surface area contributed by atoms with Crippen LogP contribution in [0.25, 0.3) is 0 Å². The number of phenols is 1. The van der Waals surface area contributed by atoms with E-state index in [1.54, 1.807) is 27.4 Å². The number of nitrogens with zero attached hydrogens (tertiary/aromatic N) is 2. The molecule has 0 unspecified atom stereocenters. The summed E-state index contributed by atoms with van der Waals surface area (Å²) in [6, 6.07) is 13.9. The van der Waals surface area contributed by atoms with Gasteiger partial charge in [0.1, 0.15) is 5.75 Å². The lowest BCUT2D eigenvalue weighted by molar-refractivity contribution is 0.106. The average molecular weight is 429 g/mol. The second-order valence-electron chi connectivity index (χ2n) is 8.27. The summed E-state index contributed by atoms with van der Waals surface area (Å²) in [4.78, 5) is 4.96. The Morgan fingerprint density at radius 1 is 1.00 bits per heavy atom. The highest BCUT2D eigenvalue weighted by Gasteiger charge is 2.22. The lowest BCUT2D eigenvalue weighted by Crippen LogP contribution is -2.39. The molecule has 170 valence electrons. The van der Waals surface area contributed by atoms with Gasteiger partial charge < -0.3 is 19.3 Å². The fourth-order valence-electron chi connectivity index (χ4n) is 4.31. The van der Waals surface area contributed by atoms with Gasteiger partial charge in [-0.25, -0.2) is 0 Å². The largest absolute Gasteiger partial charge is 0.504 e. The second kappa shape index (κ2) is 11.9. The lowest BCUT2D eigenvalue weighted by atomic mass is 9.95. The van der Waals surface area contributed by atoms with Crippen LogP contribution in [0, 0.1) is 5.92 Å². The molecule has 1 fully saturated rings. The van der Waals surface area contributed by atoms with Crippen molar-refractivity contribution in [1.29, 1.82) is 0 Å². The van der Waals surface area contributed by atoms with E-state index in [4.69, 9.17) is 14.2 Å². The Kier molecular flexibility index (Phi) is 9.00. The smallest absolute Gasteiger partial charge is 0.160 e. The van der Waals surface area contributed by atoms with Crippen LogP contribution in [0.3, 0.4) is 0 Å². The van der Waals surface area contributed by atoms with Crippen molar-refractivity contribution in [2.45, 2.75) is 25.9 Å². The molecule has 6 nitrogen and oxygen atoms in total. The molecule has 1 aliphatic heterocycles. The minimum atomic E-state index is 0.191. The third kappa shape index (κ3) is 6.86. The van der Waals surface area contributed by atoms with Gasteiger partial charge in [-0.15, -0.1) is 0 Å². The molecule has 0 spiro atoms. The SMILES string of the molecule is COCCN(Cc1ccc(OC)c(O)c1)CC1CCN(Cc2ccccc2OC)CC1. The molecule has 0 radical (unpaired) electrons. The van der Waals surface area contributed by atoms with Crippen LogP contribution in [-0.2, 0) is 17.8 Å². The Hall–Kier alpha value is -2.28. The highest BCUT2D eigenvalue weighted by molar-refractivity contribution is 5.41. The van der Waals surface area contributed by atoms with Crippen molar-refractivity contribution >= 4 is 0 Å². The van der Waals surface area contributed by atoms with E-state index in [2.05, 4.69) is 21.9 Å². The van der Waals surface area contributed by atoms with E-state index in [-0.39, 0.29) is 5.75 Å². The van der Waals surface area contributed by atoms with E-state index in [0.717, 1.165) is 50.6 Å². The zero-order valence-electron chi connectivity index (χ0n) is 19.0. The number of phenolic OH excluding ortho intramolecular Hbond substituents is 1. The maximum Gasteiger partial charge on any atom is 0.160 e. The Morgan fingerprint density at radius 3 is 2.42 bits per heavy atom. The van der Waals surface area contributed by atoms with E-state index < -0.39 is 0 Å². The number of methoxy groups -OCH3 is 3. The van der Waals surface area contributed by atoms with E-state index in [1.165, 1.54) is 18.4 Å². The van der Waals surface area contributed by atoms with E-state index in [9.17, 15) is 5.11 Å². The summed E-state index contributed by atoms with van der Waals surface area (Å²) in [5, 5.41) is 10.1. The number of rotatable bonds is 11. The van der Waals surface area contributed by atoms with E-state index in [0.29, 0.717) is 18.3 Å². The highest BCUT2D eigenvalue weighted by atomic mass is 16.5. The molecule has 3 rings (SSSR count). The summed E-state index contributed by atoms with van der Waals surface area (Å²) in [7, 11) is 5.05. The van der Waals surface area contributed by atoms with Crippen LogP contribution < -0.4 is 9.47 Å². The number of piperidine rings is 1. The van der Waals surface area contributed by atoms with E-state index >= 15 is 0 Å². The Balaban J connectivity index is 1.53. The van der Waals surface area contributed by atoms with Crippen LogP contribution in [0.4, 0.5) is 0 Å². The van der Waals surface area contributed by atoms with Gasteiger partial charge >= 0.3 is 0 Å². The molecule has 0 aromatic heterocycles. The first-order valence-corrected chi connectivity index (χ1v) is 11.0. The molecule has 31 heavy (non-hydrogen) atoms. The molecule has 0 aliphatic carbocycles. The molecule has 6 heteroatoms. The summed E-state index contributed by atoms with van der Waals surface area (Å²) in [6.07, 6.45) is 2.37. The number of benzene rings is 2. The number of ether oxygens (including phenoxy) is 3. The van der Waals surface area contributed by atoms with Crippen molar-refractivity contribution in [2.75, 3.05) is 54.1 Å². The van der Waals surface area contributed by atoms with Gasteiger partial charge in [-0.2, -0.15) is 0 Å². The molecular formula is C25H36N2O4. The number of para-hydroxylation sites is 1. The molecule has 1 heterocycles. The van der Waals surface area contributed by atoms with Crippen LogP contribution in [0.5, 0.6) is 17.2 Å². The van der Waals surface area contributed by atoms with Crippen molar-refractivity contribution in [1.82, 2.24) is 9.80 Å².